The number of carboxylic acid groups (broad SMARTS) is 1. The van der Waals surface area contributed by atoms with E-state index in [1.54, 1.807) is 13.8 Å². The number of nitrogens with one attached hydrogen (secondary N) is 1. The van der Waals surface area contributed by atoms with E-state index >= 15 is 0 Å². The molecule has 1 heterocycles. The van der Waals surface area contributed by atoms with Crippen LogP contribution in [-0.2, 0) is 19.7 Å². The van der Waals surface area contributed by atoms with Gasteiger partial charge in [0.05, 0.1) is 25.2 Å². The first kappa shape index (κ1) is 14.4. The van der Waals surface area contributed by atoms with E-state index in [-0.39, 0.29) is 19.3 Å². The average molecular weight is 266 g/mol. The van der Waals surface area contributed by atoms with Gasteiger partial charge in [0.15, 0.2) is 0 Å². The summed E-state index contributed by atoms with van der Waals surface area (Å²) in [5, 5.41) is 8.90. The van der Waals surface area contributed by atoms with E-state index < -0.39 is 28.1 Å². The fraction of sp³-hybridized carbons (Fsp3) is 0.889. The van der Waals surface area contributed by atoms with Crippen molar-refractivity contribution < 1.29 is 23.1 Å². The standard InChI is InChI=1S/C9H18N2O5S/c1-6(2)11(3)17(14,15)10-8-5-16-4-7(8)9(12)13/h6-8,10H,4-5H2,1-3H3,(H,12,13). The van der Waals surface area contributed by atoms with Crippen LogP contribution in [0.4, 0.5) is 0 Å². The number of hydrogen-bond donors (Lipinski definition) is 2. The monoisotopic (exact) mass is 266 g/mol. The van der Waals surface area contributed by atoms with Crippen molar-refractivity contribution in [3.8, 4) is 0 Å². The Kier molecular flexibility index (Phi) is 4.48. The highest BCUT2D eigenvalue weighted by molar-refractivity contribution is 7.87. The lowest BCUT2D eigenvalue weighted by Crippen LogP contribution is -2.49. The van der Waals surface area contributed by atoms with Crippen molar-refractivity contribution >= 4 is 16.2 Å². The van der Waals surface area contributed by atoms with Gasteiger partial charge in [0.1, 0.15) is 0 Å². The van der Waals surface area contributed by atoms with Crippen LogP contribution in [-0.4, -0.2) is 56.1 Å². The van der Waals surface area contributed by atoms with Crippen LogP contribution in [0.25, 0.3) is 0 Å². The molecule has 0 bridgehead atoms. The lowest BCUT2D eigenvalue weighted by Gasteiger charge is -2.24. The second-order valence-corrected chi connectivity index (χ2v) is 6.08. The van der Waals surface area contributed by atoms with Crippen LogP contribution in [0.3, 0.4) is 0 Å². The Morgan fingerprint density at radius 3 is 2.53 bits per heavy atom. The molecule has 1 aliphatic rings. The minimum absolute atomic E-state index is 0.0356. The van der Waals surface area contributed by atoms with Crippen LogP contribution in [0.1, 0.15) is 13.8 Å². The third-order valence-corrected chi connectivity index (χ3v) is 4.58. The quantitative estimate of drug-likeness (QED) is 0.683. The van der Waals surface area contributed by atoms with Gasteiger partial charge in [0.25, 0.3) is 10.2 Å². The van der Waals surface area contributed by atoms with E-state index in [1.165, 1.54) is 7.05 Å². The van der Waals surface area contributed by atoms with Crippen LogP contribution >= 0.6 is 0 Å². The molecule has 0 amide bonds. The van der Waals surface area contributed by atoms with Crippen LogP contribution in [0, 0.1) is 5.92 Å². The van der Waals surface area contributed by atoms with Gasteiger partial charge in [-0.15, -0.1) is 0 Å². The zero-order chi connectivity index (χ0) is 13.2. The number of aliphatic carboxylic acids is 1. The fourth-order valence-electron chi connectivity index (χ4n) is 1.47. The van der Waals surface area contributed by atoms with Crippen LogP contribution in [0.5, 0.6) is 0 Å². The molecule has 2 N–H and O–H groups in total. The lowest BCUT2D eigenvalue weighted by atomic mass is 10.1. The smallest absolute Gasteiger partial charge is 0.310 e. The minimum atomic E-state index is -3.67. The topological polar surface area (TPSA) is 95.9 Å². The van der Waals surface area contributed by atoms with E-state index in [9.17, 15) is 13.2 Å². The molecule has 17 heavy (non-hydrogen) atoms. The average Bonchev–Trinajstić information content (AvgIpc) is 2.63. The third kappa shape index (κ3) is 3.38. The highest BCUT2D eigenvalue weighted by Crippen LogP contribution is 2.15. The van der Waals surface area contributed by atoms with Gasteiger partial charge >= 0.3 is 5.97 Å². The summed E-state index contributed by atoms with van der Waals surface area (Å²) in [6, 6.07) is -0.906. The van der Waals surface area contributed by atoms with Crippen molar-refractivity contribution in [1.82, 2.24) is 9.03 Å². The van der Waals surface area contributed by atoms with E-state index in [2.05, 4.69) is 4.72 Å². The largest absolute Gasteiger partial charge is 0.481 e. The Morgan fingerprint density at radius 1 is 1.47 bits per heavy atom. The highest BCUT2D eigenvalue weighted by atomic mass is 32.2. The first-order valence-electron chi connectivity index (χ1n) is 5.31. The molecule has 1 rings (SSSR count). The number of carboxylic acids is 1. The van der Waals surface area contributed by atoms with Gasteiger partial charge in [-0.3, -0.25) is 4.79 Å². The lowest BCUT2D eigenvalue weighted by molar-refractivity contribution is -0.142. The summed E-state index contributed by atoms with van der Waals surface area (Å²) in [5.41, 5.74) is 0. The summed E-state index contributed by atoms with van der Waals surface area (Å²) in [6.07, 6.45) is 0. The Labute approximate surface area is 101 Å². The molecule has 0 aromatic carbocycles. The van der Waals surface area contributed by atoms with Gasteiger partial charge in [-0.25, -0.2) is 0 Å². The van der Waals surface area contributed by atoms with Crippen molar-refractivity contribution in [1.29, 1.82) is 0 Å². The number of nitrogens with zero attached hydrogens (tertiary/aromatic N) is 1. The molecule has 7 nitrogen and oxygen atoms in total. The molecule has 0 spiro atoms. The molecule has 0 aromatic rings. The SMILES string of the molecule is CC(C)N(C)S(=O)(=O)NC1COCC1C(=O)O. The predicted octanol–water partition coefficient (Wildman–Crippen LogP) is -0.739. The number of hydrogen-bond acceptors (Lipinski definition) is 4. The van der Waals surface area contributed by atoms with Gasteiger partial charge in [0.2, 0.25) is 0 Å². The van der Waals surface area contributed by atoms with E-state index in [0.717, 1.165) is 4.31 Å². The van der Waals surface area contributed by atoms with Crippen molar-refractivity contribution in [2.24, 2.45) is 5.92 Å². The maximum absolute atomic E-state index is 11.9. The summed E-state index contributed by atoms with van der Waals surface area (Å²) in [5.74, 6) is -1.88. The minimum Gasteiger partial charge on any atom is -0.481 e. The Balaban J connectivity index is 2.74. The van der Waals surface area contributed by atoms with Crippen molar-refractivity contribution in [2.45, 2.75) is 25.9 Å². The van der Waals surface area contributed by atoms with Crippen molar-refractivity contribution in [3.63, 3.8) is 0 Å². The Hall–Kier alpha value is -0.700. The maximum atomic E-state index is 11.9. The number of ether oxygens (including phenoxy) is 1. The molecule has 0 radical (unpaired) electrons. The molecule has 0 aliphatic carbocycles. The molecular weight excluding hydrogens is 248 g/mol. The second-order valence-electron chi connectivity index (χ2n) is 4.32. The highest BCUT2D eigenvalue weighted by Gasteiger charge is 2.37. The second kappa shape index (κ2) is 5.30. The summed E-state index contributed by atoms with van der Waals surface area (Å²) in [4.78, 5) is 10.9. The molecule has 1 fully saturated rings. The van der Waals surface area contributed by atoms with Crippen molar-refractivity contribution in [3.05, 3.63) is 0 Å². The van der Waals surface area contributed by atoms with Gasteiger partial charge in [0, 0.05) is 13.1 Å². The fourth-order valence-corrected chi connectivity index (χ4v) is 2.80. The van der Waals surface area contributed by atoms with Crippen molar-refractivity contribution in [2.75, 3.05) is 20.3 Å². The van der Waals surface area contributed by atoms with Gasteiger partial charge in [-0.2, -0.15) is 17.4 Å². The summed E-state index contributed by atoms with van der Waals surface area (Å²) in [7, 11) is -2.23. The van der Waals surface area contributed by atoms with E-state index in [0.29, 0.717) is 0 Å². The van der Waals surface area contributed by atoms with Gasteiger partial charge in [-0.1, -0.05) is 0 Å². The van der Waals surface area contributed by atoms with Gasteiger partial charge < -0.3 is 9.84 Å². The Bertz CT molecular complexity index is 381. The predicted molar refractivity (Wildman–Crippen MR) is 60.7 cm³/mol. The summed E-state index contributed by atoms with van der Waals surface area (Å²) in [6.45, 7) is 3.59. The number of carbonyl (C=O) groups is 1. The van der Waals surface area contributed by atoms with Gasteiger partial charge in [-0.05, 0) is 13.8 Å². The molecule has 1 aliphatic heterocycles. The normalized spacial score (nSPS) is 25.7. The van der Waals surface area contributed by atoms with Crippen LogP contribution < -0.4 is 4.72 Å². The van der Waals surface area contributed by atoms with Crippen LogP contribution in [0.15, 0.2) is 0 Å². The zero-order valence-corrected chi connectivity index (χ0v) is 10.9. The summed E-state index contributed by atoms with van der Waals surface area (Å²) >= 11 is 0. The molecule has 8 heteroatoms. The molecule has 2 atom stereocenters. The molecule has 100 valence electrons. The number of rotatable bonds is 5. The third-order valence-electron chi connectivity index (χ3n) is 2.80. The summed E-state index contributed by atoms with van der Waals surface area (Å²) < 4.78 is 32.2. The van der Waals surface area contributed by atoms with Crippen LogP contribution in [0.2, 0.25) is 0 Å². The molecular formula is C9H18N2O5S. The molecule has 1 saturated heterocycles. The molecule has 0 aromatic heterocycles. The first-order valence-corrected chi connectivity index (χ1v) is 6.75. The van der Waals surface area contributed by atoms with E-state index in [4.69, 9.17) is 9.84 Å². The van der Waals surface area contributed by atoms with E-state index in [1.807, 2.05) is 0 Å². The first-order chi connectivity index (χ1) is 7.75. The molecule has 2 unspecified atom stereocenters. The zero-order valence-electron chi connectivity index (χ0n) is 10.1. The maximum Gasteiger partial charge on any atom is 0.310 e. The Morgan fingerprint density at radius 2 is 2.06 bits per heavy atom. The molecule has 0 saturated carbocycles.